The van der Waals surface area contributed by atoms with Crippen LogP contribution < -0.4 is 5.56 Å². The average Bonchev–Trinajstić information content (AvgIpc) is 2.68. The van der Waals surface area contributed by atoms with Crippen LogP contribution in [0.5, 0.6) is 0 Å². The molecule has 3 nitrogen and oxygen atoms in total. The lowest BCUT2D eigenvalue weighted by molar-refractivity contribution is 0.544. The summed E-state index contributed by atoms with van der Waals surface area (Å²) in [6, 6.07) is 10.1. The second-order valence-corrected chi connectivity index (χ2v) is 4.42. The van der Waals surface area contributed by atoms with Crippen molar-refractivity contribution < 1.29 is 0 Å². The zero-order valence-corrected chi connectivity index (χ0v) is 10.5. The quantitative estimate of drug-likeness (QED) is 0.864. The second kappa shape index (κ2) is 4.62. The SMILES string of the molecule is CCc1ccc(C(C)n2[nH]c(C)cc2=O)cc1. The van der Waals surface area contributed by atoms with Crippen LogP contribution in [0, 0.1) is 6.92 Å². The second-order valence-electron chi connectivity index (χ2n) is 4.42. The number of nitrogens with one attached hydrogen (secondary N) is 1. The van der Waals surface area contributed by atoms with E-state index in [4.69, 9.17) is 0 Å². The molecular formula is C14H18N2O. The van der Waals surface area contributed by atoms with E-state index in [1.807, 2.05) is 13.8 Å². The summed E-state index contributed by atoms with van der Waals surface area (Å²) in [5.41, 5.74) is 3.38. The van der Waals surface area contributed by atoms with E-state index in [2.05, 4.69) is 36.3 Å². The van der Waals surface area contributed by atoms with Gasteiger partial charge in [-0.3, -0.25) is 9.89 Å². The Morgan fingerprint density at radius 2 is 1.94 bits per heavy atom. The van der Waals surface area contributed by atoms with Crippen molar-refractivity contribution in [2.24, 2.45) is 0 Å². The molecule has 3 heteroatoms. The maximum atomic E-state index is 11.7. The summed E-state index contributed by atoms with van der Waals surface area (Å²) >= 11 is 0. The lowest BCUT2D eigenvalue weighted by Crippen LogP contribution is -2.20. The fourth-order valence-corrected chi connectivity index (χ4v) is 2.00. The number of nitrogens with zero attached hydrogens (tertiary/aromatic N) is 1. The standard InChI is InChI=1S/C14H18N2O/c1-4-12-5-7-13(8-6-12)11(3)16-14(17)9-10(2)15-16/h5-9,11,15H,4H2,1-3H3. The molecule has 2 rings (SSSR count). The molecule has 90 valence electrons. The molecule has 1 N–H and O–H groups in total. The maximum absolute atomic E-state index is 11.7. The third kappa shape index (κ3) is 2.33. The van der Waals surface area contributed by atoms with Gasteiger partial charge in [-0.15, -0.1) is 0 Å². The van der Waals surface area contributed by atoms with Crippen LogP contribution in [0.4, 0.5) is 0 Å². The number of hydrogen-bond donors (Lipinski definition) is 1. The molecule has 0 aliphatic rings. The highest BCUT2D eigenvalue weighted by Crippen LogP contribution is 2.16. The van der Waals surface area contributed by atoms with Crippen LogP contribution in [-0.2, 0) is 6.42 Å². The van der Waals surface area contributed by atoms with Gasteiger partial charge in [-0.1, -0.05) is 31.2 Å². The van der Waals surface area contributed by atoms with Gasteiger partial charge in [-0.05, 0) is 31.4 Å². The smallest absolute Gasteiger partial charge is 0.267 e. The Morgan fingerprint density at radius 1 is 1.29 bits per heavy atom. The highest BCUT2D eigenvalue weighted by Gasteiger charge is 2.10. The fourth-order valence-electron chi connectivity index (χ4n) is 2.00. The summed E-state index contributed by atoms with van der Waals surface area (Å²) in [5.74, 6) is 0. The lowest BCUT2D eigenvalue weighted by atomic mass is 10.1. The molecule has 1 aromatic heterocycles. The van der Waals surface area contributed by atoms with Crippen LogP contribution in [0.25, 0.3) is 0 Å². The van der Waals surface area contributed by atoms with Gasteiger partial charge in [-0.2, -0.15) is 0 Å². The largest absolute Gasteiger partial charge is 0.299 e. The number of aryl methyl sites for hydroxylation is 2. The van der Waals surface area contributed by atoms with E-state index in [1.165, 1.54) is 5.56 Å². The van der Waals surface area contributed by atoms with Crippen molar-refractivity contribution in [3.63, 3.8) is 0 Å². The minimum absolute atomic E-state index is 0.0227. The molecule has 0 radical (unpaired) electrons. The van der Waals surface area contributed by atoms with Crippen molar-refractivity contribution in [1.82, 2.24) is 9.78 Å². The van der Waals surface area contributed by atoms with Crippen molar-refractivity contribution in [2.45, 2.75) is 33.2 Å². The number of rotatable bonds is 3. The summed E-state index contributed by atoms with van der Waals surface area (Å²) in [4.78, 5) is 11.7. The molecule has 0 saturated heterocycles. The van der Waals surface area contributed by atoms with Gasteiger partial charge in [0.05, 0.1) is 6.04 Å². The topological polar surface area (TPSA) is 37.8 Å². The lowest BCUT2D eigenvalue weighted by Gasteiger charge is -2.13. The van der Waals surface area contributed by atoms with Gasteiger partial charge in [-0.25, -0.2) is 4.68 Å². The number of aromatic amines is 1. The molecule has 0 spiro atoms. The molecule has 0 saturated carbocycles. The number of hydrogen-bond acceptors (Lipinski definition) is 1. The highest BCUT2D eigenvalue weighted by molar-refractivity contribution is 5.25. The van der Waals surface area contributed by atoms with Crippen LogP contribution in [0.1, 0.15) is 36.7 Å². The minimum atomic E-state index is 0.0227. The Morgan fingerprint density at radius 3 is 2.41 bits per heavy atom. The van der Waals surface area contributed by atoms with E-state index in [1.54, 1.807) is 10.7 Å². The van der Waals surface area contributed by atoms with Gasteiger partial charge in [0, 0.05) is 11.8 Å². The number of H-pyrrole nitrogens is 1. The molecule has 0 aliphatic heterocycles. The molecule has 0 fully saturated rings. The van der Waals surface area contributed by atoms with Gasteiger partial charge in [0.1, 0.15) is 0 Å². The van der Waals surface area contributed by atoms with E-state index in [-0.39, 0.29) is 11.6 Å². The summed E-state index contributed by atoms with van der Waals surface area (Å²) in [5, 5.41) is 3.08. The molecule has 1 aromatic carbocycles. The zero-order chi connectivity index (χ0) is 12.4. The first kappa shape index (κ1) is 11.7. The van der Waals surface area contributed by atoms with Crippen molar-refractivity contribution >= 4 is 0 Å². The molecule has 0 aliphatic carbocycles. The Kier molecular flexibility index (Phi) is 3.18. The van der Waals surface area contributed by atoms with Crippen molar-refractivity contribution in [2.75, 3.05) is 0 Å². The first-order chi connectivity index (χ1) is 8.11. The zero-order valence-electron chi connectivity index (χ0n) is 10.5. The van der Waals surface area contributed by atoms with Gasteiger partial charge in [0.2, 0.25) is 0 Å². The molecule has 0 amide bonds. The molecular weight excluding hydrogens is 212 g/mol. The molecule has 1 atom stereocenters. The summed E-state index contributed by atoms with van der Waals surface area (Å²) in [7, 11) is 0. The third-order valence-electron chi connectivity index (χ3n) is 3.13. The Balaban J connectivity index is 2.33. The van der Waals surface area contributed by atoms with Crippen molar-refractivity contribution in [1.29, 1.82) is 0 Å². The molecule has 1 heterocycles. The predicted octanol–water partition coefficient (Wildman–Crippen LogP) is 2.66. The number of aromatic nitrogens is 2. The Hall–Kier alpha value is -1.77. The molecule has 1 unspecified atom stereocenters. The predicted molar refractivity (Wildman–Crippen MR) is 69.4 cm³/mol. The van der Waals surface area contributed by atoms with E-state index >= 15 is 0 Å². The van der Waals surface area contributed by atoms with Crippen molar-refractivity contribution in [3.05, 3.63) is 57.5 Å². The fraction of sp³-hybridized carbons (Fsp3) is 0.357. The first-order valence-corrected chi connectivity index (χ1v) is 5.98. The van der Waals surface area contributed by atoms with Gasteiger partial charge in [0.25, 0.3) is 5.56 Å². The van der Waals surface area contributed by atoms with Crippen LogP contribution in [0.2, 0.25) is 0 Å². The maximum Gasteiger partial charge on any atom is 0.267 e. The monoisotopic (exact) mass is 230 g/mol. The van der Waals surface area contributed by atoms with Crippen LogP contribution in [-0.4, -0.2) is 9.78 Å². The van der Waals surface area contributed by atoms with E-state index in [0.29, 0.717) is 0 Å². The molecule has 0 bridgehead atoms. The number of benzene rings is 1. The van der Waals surface area contributed by atoms with Crippen molar-refractivity contribution in [3.8, 4) is 0 Å². The summed E-state index contributed by atoms with van der Waals surface area (Å²) < 4.78 is 1.66. The summed E-state index contributed by atoms with van der Waals surface area (Å²) in [6.45, 7) is 6.06. The van der Waals surface area contributed by atoms with Gasteiger partial charge in [0.15, 0.2) is 0 Å². The highest BCUT2D eigenvalue weighted by atomic mass is 16.1. The normalized spacial score (nSPS) is 12.6. The third-order valence-corrected chi connectivity index (χ3v) is 3.13. The van der Waals surface area contributed by atoms with Crippen LogP contribution in [0.3, 0.4) is 0 Å². The first-order valence-electron chi connectivity index (χ1n) is 5.98. The summed E-state index contributed by atoms with van der Waals surface area (Å²) in [6.07, 6.45) is 1.04. The Bertz CT molecular complexity index is 548. The minimum Gasteiger partial charge on any atom is -0.299 e. The van der Waals surface area contributed by atoms with E-state index < -0.39 is 0 Å². The van der Waals surface area contributed by atoms with E-state index in [9.17, 15) is 4.79 Å². The van der Waals surface area contributed by atoms with Gasteiger partial charge >= 0.3 is 0 Å². The Labute approximate surface area is 101 Å². The average molecular weight is 230 g/mol. The van der Waals surface area contributed by atoms with Crippen LogP contribution >= 0.6 is 0 Å². The molecule has 2 aromatic rings. The molecule has 17 heavy (non-hydrogen) atoms. The van der Waals surface area contributed by atoms with Gasteiger partial charge < -0.3 is 0 Å². The van der Waals surface area contributed by atoms with E-state index in [0.717, 1.165) is 17.7 Å². The van der Waals surface area contributed by atoms with Crippen LogP contribution in [0.15, 0.2) is 35.1 Å².